The fraction of sp³-hybridized carbons (Fsp3) is 0.133. The molecule has 2 aromatic rings. The molecule has 0 spiro atoms. The van der Waals surface area contributed by atoms with Crippen LogP contribution in [-0.4, -0.2) is 11.1 Å². The molecule has 0 bridgehead atoms. The molecule has 2 nitrogen and oxygen atoms in total. The Morgan fingerprint density at radius 1 is 0.783 bits per heavy atom. The van der Waals surface area contributed by atoms with Crippen LogP contribution >= 0.6 is 0 Å². The van der Waals surface area contributed by atoms with Crippen LogP contribution in [-0.2, 0) is 12.4 Å². The van der Waals surface area contributed by atoms with E-state index in [0.29, 0.717) is 12.1 Å². The number of hydrogen-bond acceptors (Lipinski definition) is 1. The van der Waals surface area contributed by atoms with E-state index < -0.39 is 46.1 Å². The molecule has 0 aliphatic carbocycles. The third-order valence-corrected chi connectivity index (χ3v) is 3.10. The minimum absolute atomic E-state index is 0.551. The van der Waals surface area contributed by atoms with E-state index in [1.54, 1.807) is 0 Å². The van der Waals surface area contributed by atoms with E-state index in [4.69, 9.17) is 5.11 Å². The molecule has 0 amide bonds. The average molecular weight is 334 g/mol. The van der Waals surface area contributed by atoms with Crippen molar-refractivity contribution in [1.82, 2.24) is 0 Å². The molecule has 2 aromatic carbocycles. The lowest BCUT2D eigenvalue weighted by Crippen LogP contribution is -2.14. The topological polar surface area (TPSA) is 37.3 Å². The number of carbonyl (C=O) groups is 1. The van der Waals surface area contributed by atoms with E-state index in [1.165, 1.54) is 0 Å². The zero-order valence-corrected chi connectivity index (χ0v) is 11.2. The first-order valence-electron chi connectivity index (χ1n) is 6.13. The molecule has 0 radical (unpaired) electrons. The second-order valence-electron chi connectivity index (χ2n) is 4.57. The number of benzene rings is 2. The lowest BCUT2D eigenvalue weighted by Gasteiger charge is -2.19. The predicted octanol–water partition coefficient (Wildman–Crippen LogP) is 5.09. The molecule has 0 fully saturated rings. The minimum atomic E-state index is -5.00. The van der Waals surface area contributed by atoms with Gasteiger partial charge in [-0.25, -0.2) is 4.79 Å². The van der Waals surface area contributed by atoms with Crippen LogP contribution in [0.15, 0.2) is 42.5 Å². The second kappa shape index (κ2) is 5.60. The molecule has 122 valence electrons. The predicted molar refractivity (Wildman–Crippen MR) is 68.8 cm³/mol. The average Bonchev–Trinajstić information content (AvgIpc) is 2.44. The molecule has 0 saturated carbocycles. The van der Waals surface area contributed by atoms with Gasteiger partial charge in [0.1, 0.15) is 0 Å². The summed E-state index contributed by atoms with van der Waals surface area (Å²) in [7, 11) is 0. The Hall–Kier alpha value is -2.51. The number of halogens is 6. The highest BCUT2D eigenvalue weighted by atomic mass is 19.4. The quantitative estimate of drug-likeness (QED) is 0.777. The van der Waals surface area contributed by atoms with Crippen molar-refractivity contribution < 1.29 is 36.2 Å². The summed E-state index contributed by atoms with van der Waals surface area (Å²) in [6.07, 6.45) is -9.93. The second-order valence-corrected chi connectivity index (χ2v) is 4.57. The van der Waals surface area contributed by atoms with Crippen molar-refractivity contribution in [2.45, 2.75) is 12.4 Å². The molecule has 1 N–H and O–H groups in total. The molecule has 0 unspecified atom stereocenters. The van der Waals surface area contributed by atoms with Gasteiger partial charge in [0.05, 0.1) is 16.7 Å². The maximum Gasteiger partial charge on any atom is 0.417 e. The lowest BCUT2D eigenvalue weighted by atomic mass is 9.90. The highest BCUT2D eigenvalue weighted by molar-refractivity contribution is 5.97. The fourth-order valence-corrected chi connectivity index (χ4v) is 2.21. The summed E-state index contributed by atoms with van der Waals surface area (Å²) in [5.74, 6) is -1.75. The number of carboxylic acid groups (broad SMARTS) is 1. The third kappa shape index (κ3) is 3.30. The number of alkyl halides is 6. The lowest BCUT2D eigenvalue weighted by molar-refractivity contribution is -0.139. The summed E-state index contributed by atoms with van der Waals surface area (Å²) >= 11 is 0. The third-order valence-electron chi connectivity index (χ3n) is 3.10. The van der Waals surface area contributed by atoms with E-state index >= 15 is 0 Å². The maximum atomic E-state index is 13.1. The van der Waals surface area contributed by atoms with Gasteiger partial charge in [0.15, 0.2) is 0 Å². The summed E-state index contributed by atoms with van der Waals surface area (Å²) in [6, 6.07) is 5.78. The van der Waals surface area contributed by atoms with Crippen molar-refractivity contribution in [3.63, 3.8) is 0 Å². The van der Waals surface area contributed by atoms with E-state index in [0.717, 1.165) is 30.3 Å². The first-order chi connectivity index (χ1) is 10.5. The molecule has 0 aliphatic rings. The van der Waals surface area contributed by atoms with Crippen molar-refractivity contribution in [3.05, 3.63) is 59.2 Å². The van der Waals surface area contributed by atoms with Crippen LogP contribution in [0.5, 0.6) is 0 Å². The van der Waals surface area contributed by atoms with Crippen LogP contribution in [0.25, 0.3) is 11.1 Å². The Morgan fingerprint density at radius 2 is 1.30 bits per heavy atom. The first kappa shape index (κ1) is 16.9. The van der Waals surface area contributed by atoms with Crippen LogP contribution < -0.4 is 0 Å². The van der Waals surface area contributed by atoms with Crippen LogP contribution in [0.2, 0.25) is 0 Å². The summed E-state index contributed by atoms with van der Waals surface area (Å²) in [6.45, 7) is 0. The van der Waals surface area contributed by atoms with Crippen molar-refractivity contribution in [3.8, 4) is 11.1 Å². The Kier molecular flexibility index (Phi) is 4.10. The highest BCUT2D eigenvalue weighted by Crippen LogP contribution is 2.43. The van der Waals surface area contributed by atoms with Gasteiger partial charge in [-0.1, -0.05) is 24.3 Å². The van der Waals surface area contributed by atoms with Gasteiger partial charge in [-0.2, -0.15) is 26.3 Å². The van der Waals surface area contributed by atoms with Crippen LogP contribution in [0.1, 0.15) is 21.5 Å². The zero-order chi connectivity index (χ0) is 17.4. The summed E-state index contributed by atoms with van der Waals surface area (Å²) in [4.78, 5) is 11.2. The zero-order valence-electron chi connectivity index (χ0n) is 11.2. The fourth-order valence-electron chi connectivity index (χ4n) is 2.21. The number of aromatic carboxylic acids is 1. The molecule has 0 saturated heterocycles. The van der Waals surface area contributed by atoms with Crippen LogP contribution in [0, 0.1) is 0 Å². The van der Waals surface area contributed by atoms with Crippen LogP contribution in [0.3, 0.4) is 0 Å². The van der Waals surface area contributed by atoms with Crippen molar-refractivity contribution in [1.29, 1.82) is 0 Å². The van der Waals surface area contributed by atoms with Gasteiger partial charge >= 0.3 is 18.3 Å². The Bertz CT molecular complexity index is 746. The van der Waals surface area contributed by atoms with Gasteiger partial charge in [-0.05, 0) is 23.8 Å². The maximum absolute atomic E-state index is 13.1. The first-order valence-corrected chi connectivity index (χ1v) is 6.13. The van der Waals surface area contributed by atoms with Gasteiger partial charge in [0, 0.05) is 5.56 Å². The normalized spacial score (nSPS) is 12.3. The van der Waals surface area contributed by atoms with Gasteiger partial charge in [-0.3, -0.25) is 0 Å². The smallest absolute Gasteiger partial charge is 0.417 e. The number of rotatable bonds is 2. The van der Waals surface area contributed by atoms with E-state index in [-0.39, 0.29) is 0 Å². The molecule has 2 rings (SSSR count). The minimum Gasteiger partial charge on any atom is -0.478 e. The monoisotopic (exact) mass is 334 g/mol. The van der Waals surface area contributed by atoms with E-state index in [2.05, 4.69) is 0 Å². The molecular weight excluding hydrogens is 326 g/mol. The van der Waals surface area contributed by atoms with Crippen molar-refractivity contribution in [2.75, 3.05) is 0 Å². The molecule has 0 aliphatic heterocycles. The van der Waals surface area contributed by atoms with Gasteiger partial charge < -0.3 is 5.11 Å². The van der Waals surface area contributed by atoms with Crippen molar-refractivity contribution in [2.24, 2.45) is 0 Å². The summed E-state index contributed by atoms with van der Waals surface area (Å²) in [5.41, 5.74) is -5.45. The molecule has 0 atom stereocenters. The number of carboxylic acids is 1. The van der Waals surface area contributed by atoms with E-state index in [1.807, 2.05) is 0 Å². The summed E-state index contributed by atoms with van der Waals surface area (Å²) in [5, 5.41) is 9.06. The van der Waals surface area contributed by atoms with Crippen LogP contribution in [0.4, 0.5) is 26.3 Å². The van der Waals surface area contributed by atoms with Crippen molar-refractivity contribution >= 4 is 5.97 Å². The molecular formula is C15H8F6O2. The Balaban J connectivity index is 2.91. The highest BCUT2D eigenvalue weighted by Gasteiger charge is 2.39. The number of hydrogen-bond donors (Lipinski definition) is 1. The largest absolute Gasteiger partial charge is 0.478 e. The van der Waals surface area contributed by atoms with Gasteiger partial charge in [-0.15, -0.1) is 0 Å². The Morgan fingerprint density at radius 3 is 1.83 bits per heavy atom. The standard InChI is InChI=1S/C15H8F6O2/c16-14(17,18)10-6-2-1-4-8(10)12-9(13(22)23)5-3-7-11(12)15(19,20)21/h1-7H,(H,22,23). The molecule has 0 heterocycles. The van der Waals surface area contributed by atoms with E-state index in [9.17, 15) is 31.1 Å². The molecule has 0 aromatic heterocycles. The van der Waals surface area contributed by atoms with Gasteiger partial charge in [0.25, 0.3) is 0 Å². The Labute approximate surface area is 126 Å². The molecule has 23 heavy (non-hydrogen) atoms. The SMILES string of the molecule is O=C(O)c1cccc(C(F)(F)F)c1-c1ccccc1C(F)(F)F. The van der Waals surface area contributed by atoms with Gasteiger partial charge in [0.2, 0.25) is 0 Å². The summed E-state index contributed by atoms with van der Waals surface area (Å²) < 4.78 is 78.6. The molecule has 8 heteroatoms.